The fourth-order valence-corrected chi connectivity index (χ4v) is 3.87. The molecule has 1 atom stereocenters. The van der Waals surface area contributed by atoms with Crippen LogP contribution in [0, 0.1) is 24.1 Å². The van der Waals surface area contributed by atoms with Crippen molar-refractivity contribution in [2.45, 2.75) is 25.8 Å². The highest BCUT2D eigenvalue weighted by Gasteiger charge is 2.34. The Morgan fingerprint density at radius 2 is 1.93 bits per heavy atom. The number of nitrogens with two attached hydrogens (primary N) is 1. The molecular weight excluding hydrogens is 381 g/mol. The molecule has 5 nitrogen and oxygen atoms in total. The summed E-state index contributed by atoms with van der Waals surface area (Å²) in [5, 5.41) is 9.68. The second-order valence-electron chi connectivity index (χ2n) is 7.24. The van der Waals surface area contributed by atoms with Gasteiger partial charge in [-0.05, 0) is 36.6 Å². The molecule has 2 N–H and O–H groups in total. The number of nitrogens with zero attached hydrogens (tertiary/aromatic N) is 2. The van der Waals surface area contributed by atoms with Gasteiger partial charge in [0, 0.05) is 18.3 Å². The first kappa shape index (κ1) is 19.5. The molecule has 0 amide bonds. The van der Waals surface area contributed by atoms with E-state index in [9.17, 15) is 14.4 Å². The highest BCUT2D eigenvalue weighted by Crippen LogP contribution is 2.40. The zero-order chi connectivity index (χ0) is 21.3. The molecule has 1 aliphatic heterocycles. The molecule has 0 fully saturated rings. The van der Waals surface area contributed by atoms with Gasteiger partial charge in [-0.3, -0.25) is 4.79 Å². The number of allylic oxidation sites excluding steroid dienone is 1. The molecule has 0 aliphatic carbocycles. The van der Waals surface area contributed by atoms with Gasteiger partial charge in [0.15, 0.2) is 0 Å². The molecule has 0 bridgehead atoms. The molecule has 1 aliphatic rings. The Bertz CT molecular complexity index is 1240. The third-order valence-corrected chi connectivity index (χ3v) is 5.34. The van der Waals surface area contributed by atoms with Crippen molar-refractivity contribution in [3.05, 3.63) is 111 Å². The first-order valence-corrected chi connectivity index (χ1v) is 9.61. The quantitative estimate of drug-likeness (QED) is 0.722. The van der Waals surface area contributed by atoms with Gasteiger partial charge in [0.25, 0.3) is 5.56 Å². The summed E-state index contributed by atoms with van der Waals surface area (Å²) in [4.78, 5) is 13.5. The number of pyridine rings is 1. The first-order chi connectivity index (χ1) is 14.5. The van der Waals surface area contributed by atoms with Crippen molar-refractivity contribution < 1.29 is 9.13 Å². The highest BCUT2D eigenvalue weighted by atomic mass is 19.1. The van der Waals surface area contributed by atoms with Gasteiger partial charge in [0.2, 0.25) is 5.88 Å². The van der Waals surface area contributed by atoms with Gasteiger partial charge in [-0.15, -0.1) is 0 Å². The minimum Gasteiger partial charge on any atom is -0.440 e. The van der Waals surface area contributed by atoms with Crippen molar-refractivity contribution in [2.75, 3.05) is 0 Å². The average molecular weight is 401 g/mol. The molecule has 1 aromatic heterocycles. The van der Waals surface area contributed by atoms with Gasteiger partial charge < -0.3 is 15.0 Å². The van der Waals surface area contributed by atoms with Crippen LogP contribution < -0.4 is 16.0 Å². The summed E-state index contributed by atoms with van der Waals surface area (Å²) in [6.07, 6.45) is 0.676. The van der Waals surface area contributed by atoms with Crippen molar-refractivity contribution in [3.8, 4) is 11.8 Å². The standard InChI is InChI=1S/C24H20FN3O2/c1-15-12-20-22(24(29)28(15)11-10-16-6-3-2-4-7-16)21(19(14-26)23(27)30-20)17-8-5-9-18(25)13-17/h2-9,12-13,21H,10-11,27H2,1H3/t21-/m1/s1. The number of fused-ring (bicyclic) bond motifs is 1. The van der Waals surface area contributed by atoms with Crippen molar-refractivity contribution in [1.82, 2.24) is 4.57 Å². The third-order valence-electron chi connectivity index (χ3n) is 5.34. The number of aryl methyl sites for hydroxylation is 2. The molecule has 0 unspecified atom stereocenters. The summed E-state index contributed by atoms with van der Waals surface area (Å²) in [6.45, 7) is 2.30. The van der Waals surface area contributed by atoms with E-state index >= 15 is 0 Å². The molecule has 0 spiro atoms. The van der Waals surface area contributed by atoms with Crippen LogP contribution in [0.1, 0.15) is 28.3 Å². The van der Waals surface area contributed by atoms with E-state index in [-0.39, 0.29) is 17.0 Å². The monoisotopic (exact) mass is 401 g/mol. The van der Waals surface area contributed by atoms with Crippen LogP contribution in [-0.4, -0.2) is 4.57 Å². The van der Waals surface area contributed by atoms with Gasteiger partial charge in [-0.1, -0.05) is 42.5 Å². The largest absolute Gasteiger partial charge is 0.440 e. The topological polar surface area (TPSA) is 81.0 Å². The number of halogens is 1. The van der Waals surface area contributed by atoms with Crippen molar-refractivity contribution >= 4 is 0 Å². The van der Waals surface area contributed by atoms with E-state index in [1.807, 2.05) is 43.3 Å². The van der Waals surface area contributed by atoms with E-state index in [0.717, 1.165) is 11.3 Å². The molecular formula is C24H20FN3O2. The second-order valence-corrected chi connectivity index (χ2v) is 7.24. The Hall–Kier alpha value is -3.85. The fraction of sp³-hybridized carbons (Fsp3) is 0.167. The third kappa shape index (κ3) is 3.46. The molecule has 0 saturated carbocycles. The van der Waals surface area contributed by atoms with Crippen LogP contribution in [0.3, 0.4) is 0 Å². The van der Waals surface area contributed by atoms with Crippen LogP contribution in [0.5, 0.6) is 5.75 Å². The number of rotatable bonds is 4. The fourth-order valence-electron chi connectivity index (χ4n) is 3.87. The van der Waals surface area contributed by atoms with E-state index < -0.39 is 11.7 Å². The molecule has 150 valence electrons. The van der Waals surface area contributed by atoms with Gasteiger partial charge in [-0.2, -0.15) is 5.26 Å². The Labute approximate surface area is 173 Å². The highest BCUT2D eigenvalue weighted by molar-refractivity contribution is 5.55. The van der Waals surface area contributed by atoms with Gasteiger partial charge in [0.05, 0.1) is 11.5 Å². The zero-order valence-electron chi connectivity index (χ0n) is 16.4. The summed E-state index contributed by atoms with van der Waals surface area (Å²) in [5.74, 6) is -1.00. The van der Waals surface area contributed by atoms with E-state index in [1.165, 1.54) is 12.1 Å². The molecule has 0 saturated heterocycles. The number of hydrogen-bond acceptors (Lipinski definition) is 4. The number of nitriles is 1. The molecule has 0 radical (unpaired) electrons. The lowest BCUT2D eigenvalue weighted by molar-refractivity contribution is 0.388. The van der Waals surface area contributed by atoms with Crippen molar-refractivity contribution in [2.24, 2.45) is 5.73 Å². The van der Waals surface area contributed by atoms with Gasteiger partial charge in [-0.25, -0.2) is 4.39 Å². The minimum atomic E-state index is -0.787. The number of ether oxygens (including phenoxy) is 1. The lowest BCUT2D eigenvalue weighted by atomic mass is 9.84. The van der Waals surface area contributed by atoms with Crippen LogP contribution >= 0.6 is 0 Å². The predicted octanol–water partition coefficient (Wildman–Crippen LogP) is 3.76. The first-order valence-electron chi connectivity index (χ1n) is 9.61. The summed E-state index contributed by atoms with van der Waals surface area (Å²) in [7, 11) is 0. The van der Waals surface area contributed by atoms with Crippen molar-refractivity contribution in [3.63, 3.8) is 0 Å². The summed E-state index contributed by atoms with van der Waals surface area (Å²) in [6, 6.07) is 19.5. The number of benzene rings is 2. The Balaban J connectivity index is 1.84. The Morgan fingerprint density at radius 3 is 2.63 bits per heavy atom. The number of hydrogen-bond donors (Lipinski definition) is 1. The van der Waals surface area contributed by atoms with Gasteiger partial charge >= 0.3 is 0 Å². The average Bonchev–Trinajstić information content (AvgIpc) is 2.73. The zero-order valence-corrected chi connectivity index (χ0v) is 16.4. The number of aromatic nitrogens is 1. The molecule has 2 heterocycles. The summed E-state index contributed by atoms with van der Waals surface area (Å²) in [5.41, 5.74) is 8.42. The van der Waals surface area contributed by atoms with Crippen molar-refractivity contribution in [1.29, 1.82) is 5.26 Å². The smallest absolute Gasteiger partial charge is 0.258 e. The van der Waals surface area contributed by atoms with E-state index in [4.69, 9.17) is 10.5 Å². The Morgan fingerprint density at radius 1 is 1.17 bits per heavy atom. The second kappa shape index (κ2) is 7.88. The lowest BCUT2D eigenvalue weighted by Crippen LogP contribution is -2.33. The van der Waals surface area contributed by atoms with E-state index in [1.54, 1.807) is 22.8 Å². The minimum absolute atomic E-state index is 0.0694. The van der Waals surface area contributed by atoms with Crippen LogP contribution in [0.15, 0.2) is 76.9 Å². The normalized spacial score (nSPS) is 15.3. The predicted molar refractivity (Wildman–Crippen MR) is 111 cm³/mol. The SMILES string of the molecule is Cc1cc2c(c(=O)n1CCc1ccccc1)[C@H](c1cccc(F)c1)C(C#N)=C(N)O2. The lowest BCUT2D eigenvalue weighted by Gasteiger charge is -2.27. The van der Waals surface area contributed by atoms with Crippen LogP contribution in [0.25, 0.3) is 0 Å². The van der Waals surface area contributed by atoms with Gasteiger partial charge in [0.1, 0.15) is 23.2 Å². The Kier molecular flexibility index (Phi) is 5.11. The molecule has 2 aromatic carbocycles. The van der Waals surface area contributed by atoms with Crippen LogP contribution in [0.4, 0.5) is 4.39 Å². The maximum absolute atomic E-state index is 13.9. The van der Waals surface area contributed by atoms with Crippen LogP contribution in [0.2, 0.25) is 0 Å². The molecule has 4 rings (SSSR count). The van der Waals surface area contributed by atoms with E-state index in [2.05, 4.69) is 0 Å². The summed E-state index contributed by atoms with van der Waals surface area (Å²) < 4.78 is 21.2. The molecule has 3 aromatic rings. The molecule has 6 heteroatoms. The maximum Gasteiger partial charge on any atom is 0.258 e. The maximum atomic E-state index is 13.9. The summed E-state index contributed by atoms with van der Waals surface area (Å²) >= 11 is 0. The van der Waals surface area contributed by atoms with E-state index in [0.29, 0.717) is 29.8 Å². The molecule has 30 heavy (non-hydrogen) atoms. The van der Waals surface area contributed by atoms with Crippen LogP contribution in [-0.2, 0) is 13.0 Å².